The van der Waals surface area contributed by atoms with Crippen LogP contribution in [-0.2, 0) is 0 Å². The number of hydrogen-bond acceptors (Lipinski definition) is 2. The first kappa shape index (κ1) is 11.3. The van der Waals surface area contributed by atoms with E-state index in [0.717, 1.165) is 22.3 Å². The minimum atomic E-state index is 0.199. The normalized spacial score (nSPS) is 12.5. The van der Waals surface area contributed by atoms with Gasteiger partial charge in [-0.25, -0.2) is 0 Å². The van der Waals surface area contributed by atoms with Gasteiger partial charge < -0.3 is 0 Å². The van der Waals surface area contributed by atoms with E-state index in [1.54, 1.807) is 0 Å². The van der Waals surface area contributed by atoms with Gasteiger partial charge in [-0.15, -0.1) is 0 Å². The molecule has 1 atom stereocenters. The fourth-order valence-corrected chi connectivity index (χ4v) is 1.77. The summed E-state index contributed by atoms with van der Waals surface area (Å²) < 4.78 is 3.00. The monoisotopic (exact) mass is 255 g/mol. The van der Waals surface area contributed by atoms with Gasteiger partial charge in [0.05, 0.1) is 34.4 Å². The number of aromatic nitrogens is 2. The van der Waals surface area contributed by atoms with Crippen LogP contribution < -0.4 is 0 Å². The molecule has 0 fully saturated rings. The van der Waals surface area contributed by atoms with Crippen LogP contribution in [0.5, 0.6) is 0 Å². The third-order valence-corrected chi connectivity index (χ3v) is 3.53. The summed E-state index contributed by atoms with van der Waals surface area (Å²) >= 11 is 3.48. The molecule has 0 aliphatic heterocycles. The van der Waals surface area contributed by atoms with Crippen LogP contribution >= 0.6 is 15.9 Å². The Morgan fingerprint density at radius 2 is 2.21 bits per heavy atom. The number of rotatable bonds is 3. The molecule has 3 nitrogen and oxygen atoms in total. The Morgan fingerprint density at radius 3 is 2.57 bits per heavy atom. The van der Waals surface area contributed by atoms with Gasteiger partial charge in [-0.1, -0.05) is 6.92 Å². The summed E-state index contributed by atoms with van der Waals surface area (Å²) in [5, 5.41) is 13.1. The standard InChI is InChI=1S/C10H14BrN3/c1-4-9(5-6-12)14-8(3)10(11)7(2)13-14/h9H,4-5H2,1-3H3. The Labute approximate surface area is 92.9 Å². The highest BCUT2D eigenvalue weighted by Gasteiger charge is 2.15. The SMILES string of the molecule is CCC(CC#N)n1nc(C)c(Br)c1C. The summed E-state index contributed by atoms with van der Waals surface area (Å²) in [6.07, 6.45) is 1.45. The molecule has 76 valence electrons. The number of halogens is 1. The average Bonchev–Trinajstić information content (AvgIpc) is 2.42. The molecule has 0 radical (unpaired) electrons. The number of hydrogen-bond donors (Lipinski definition) is 0. The second kappa shape index (κ2) is 4.61. The fraction of sp³-hybridized carbons (Fsp3) is 0.600. The zero-order valence-corrected chi connectivity index (χ0v) is 10.3. The maximum absolute atomic E-state index is 8.69. The largest absolute Gasteiger partial charge is 0.264 e. The number of nitriles is 1. The first-order valence-electron chi connectivity index (χ1n) is 4.70. The number of nitrogens with zero attached hydrogens (tertiary/aromatic N) is 3. The Bertz CT molecular complexity index is 362. The highest BCUT2D eigenvalue weighted by Crippen LogP contribution is 2.25. The Balaban J connectivity index is 3.05. The van der Waals surface area contributed by atoms with Crippen molar-refractivity contribution in [3.05, 3.63) is 15.9 Å². The molecule has 14 heavy (non-hydrogen) atoms. The van der Waals surface area contributed by atoms with Gasteiger partial charge in [-0.05, 0) is 36.2 Å². The Morgan fingerprint density at radius 1 is 1.57 bits per heavy atom. The summed E-state index contributed by atoms with van der Waals surface area (Å²) in [7, 11) is 0. The predicted octanol–water partition coefficient (Wildman–Crippen LogP) is 3.13. The molecule has 1 aromatic rings. The van der Waals surface area contributed by atoms with Crippen molar-refractivity contribution >= 4 is 15.9 Å². The van der Waals surface area contributed by atoms with E-state index in [1.807, 2.05) is 18.5 Å². The van der Waals surface area contributed by atoms with Gasteiger partial charge in [0, 0.05) is 0 Å². The lowest BCUT2D eigenvalue weighted by molar-refractivity contribution is 0.437. The molecule has 4 heteroatoms. The Kier molecular flexibility index (Phi) is 3.70. The average molecular weight is 256 g/mol. The highest BCUT2D eigenvalue weighted by atomic mass is 79.9. The van der Waals surface area contributed by atoms with Crippen molar-refractivity contribution in [2.45, 2.75) is 39.7 Å². The molecular weight excluding hydrogens is 242 g/mol. The quantitative estimate of drug-likeness (QED) is 0.833. The van der Waals surface area contributed by atoms with Crippen molar-refractivity contribution in [2.75, 3.05) is 0 Å². The smallest absolute Gasteiger partial charge is 0.0738 e. The second-order valence-electron chi connectivity index (χ2n) is 3.35. The number of aryl methyl sites for hydroxylation is 1. The molecule has 0 bridgehead atoms. The van der Waals surface area contributed by atoms with Gasteiger partial charge in [0.2, 0.25) is 0 Å². The molecular formula is C10H14BrN3. The summed E-state index contributed by atoms with van der Waals surface area (Å²) in [5.41, 5.74) is 2.09. The van der Waals surface area contributed by atoms with E-state index in [-0.39, 0.29) is 6.04 Å². The van der Waals surface area contributed by atoms with Gasteiger partial charge >= 0.3 is 0 Å². The molecule has 0 aliphatic rings. The summed E-state index contributed by atoms with van der Waals surface area (Å²) in [6, 6.07) is 2.40. The van der Waals surface area contributed by atoms with Crippen molar-refractivity contribution < 1.29 is 0 Å². The van der Waals surface area contributed by atoms with Crippen molar-refractivity contribution in [3.8, 4) is 6.07 Å². The maximum Gasteiger partial charge on any atom is 0.0738 e. The van der Waals surface area contributed by atoms with Crippen LogP contribution in [0.15, 0.2) is 4.47 Å². The zero-order chi connectivity index (χ0) is 10.7. The summed E-state index contributed by atoms with van der Waals surface area (Å²) in [5.74, 6) is 0. The van der Waals surface area contributed by atoms with Crippen LogP contribution in [0.1, 0.15) is 37.2 Å². The van der Waals surface area contributed by atoms with Crippen LogP contribution in [0.3, 0.4) is 0 Å². The van der Waals surface area contributed by atoms with Crippen LogP contribution in [-0.4, -0.2) is 9.78 Å². The third kappa shape index (κ3) is 1.98. The molecule has 1 rings (SSSR count). The van der Waals surface area contributed by atoms with Gasteiger partial charge in [-0.2, -0.15) is 10.4 Å². The van der Waals surface area contributed by atoms with Crippen molar-refractivity contribution in [2.24, 2.45) is 0 Å². The topological polar surface area (TPSA) is 41.6 Å². The molecule has 1 unspecified atom stereocenters. The molecule has 0 amide bonds. The second-order valence-corrected chi connectivity index (χ2v) is 4.15. The van der Waals surface area contributed by atoms with E-state index in [9.17, 15) is 0 Å². The predicted molar refractivity (Wildman–Crippen MR) is 59.0 cm³/mol. The van der Waals surface area contributed by atoms with Crippen molar-refractivity contribution in [1.29, 1.82) is 5.26 Å². The lowest BCUT2D eigenvalue weighted by atomic mass is 10.2. The van der Waals surface area contributed by atoms with Crippen LogP contribution in [0.25, 0.3) is 0 Å². The molecule has 0 aromatic carbocycles. The summed E-state index contributed by atoms with van der Waals surface area (Å²) in [6.45, 7) is 6.06. The van der Waals surface area contributed by atoms with Crippen LogP contribution in [0.2, 0.25) is 0 Å². The molecule has 0 saturated heterocycles. The van der Waals surface area contributed by atoms with E-state index in [1.165, 1.54) is 0 Å². The van der Waals surface area contributed by atoms with E-state index in [0.29, 0.717) is 6.42 Å². The third-order valence-electron chi connectivity index (χ3n) is 2.38. The van der Waals surface area contributed by atoms with Gasteiger partial charge in [0.1, 0.15) is 0 Å². The molecule has 0 N–H and O–H groups in total. The molecule has 0 saturated carbocycles. The van der Waals surface area contributed by atoms with Crippen molar-refractivity contribution in [3.63, 3.8) is 0 Å². The van der Waals surface area contributed by atoms with E-state index in [2.05, 4.69) is 34.0 Å². The van der Waals surface area contributed by atoms with Crippen molar-refractivity contribution in [1.82, 2.24) is 9.78 Å². The van der Waals surface area contributed by atoms with Gasteiger partial charge in [0.25, 0.3) is 0 Å². The molecule has 0 spiro atoms. The molecule has 0 aliphatic carbocycles. The summed E-state index contributed by atoms with van der Waals surface area (Å²) in [4.78, 5) is 0. The Hall–Kier alpha value is -0.820. The first-order valence-corrected chi connectivity index (χ1v) is 5.49. The molecule has 1 aromatic heterocycles. The van der Waals surface area contributed by atoms with Gasteiger partial charge in [0.15, 0.2) is 0 Å². The minimum Gasteiger partial charge on any atom is -0.264 e. The van der Waals surface area contributed by atoms with Crippen LogP contribution in [0, 0.1) is 25.2 Å². The van der Waals surface area contributed by atoms with Gasteiger partial charge in [-0.3, -0.25) is 4.68 Å². The van der Waals surface area contributed by atoms with E-state index >= 15 is 0 Å². The van der Waals surface area contributed by atoms with Crippen LogP contribution in [0.4, 0.5) is 0 Å². The molecule has 1 heterocycles. The minimum absolute atomic E-state index is 0.199. The lowest BCUT2D eigenvalue weighted by Crippen LogP contribution is -2.10. The van der Waals surface area contributed by atoms with E-state index in [4.69, 9.17) is 5.26 Å². The maximum atomic E-state index is 8.69. The lowest BCUT2D eigenvalue weighted by Gasteiger charge is -2.13. The highest BCUT2D eigenvalue weighted by molar-refractivity contribution is 9.10. The fourth-order valence-electron chi connectivity index (χ4n) is 1.51. The zero-order valence-electron chi connectivity index (χ0n) is 8.71. The first-order chi connectivity index (χ1) is 6.61. The van der Waals surface area contributed by atoms with E-state index < -0.39 is 0 Å².